The Morgan fingerprint density at radius 3 is 1.13 bits per heavy atom. The predicted molar refractivity (Wildman–Crippen MR) is 357 cm³/mol. The third-order valence-corrected chi connectivity index (χ3v) is 15.6. The van der Waals surface area contributed by atoms with E-state index in [0.717, 1.165) is 103 Å². The molecule has 0 aromatic heterocycles. The summed E-state index contributed by atoms with van der Waals surface area (Å²) >= 11 is 0. The van der Waals surface area contributed by atoms with Crippen LogP contribution in [-0.2, 0) is 27.9 Å². The zero-order valence-corrected chi connectivity index (χ0v) is 55.5. The lowest BCUT2D eigenvalue weighted by molar-refractivity contribution is -0.870. The molecule has 0 rings (SSSR count). The monoisotopic (exact) mass is 1180 g/mol. The fourth-order valence-corrected chi connectivity index (χ4v) is 10.1. The van der Waals surface area contributed by atoms with Gasteiger partial charge in [-0.15, -0.1) is 0 Å². The van der Waals surface area contributed by atoms with Gasteiger partial charge in [-0.05, 0) is 122 Å². The molecule has 0 radical (unpaired) electrons. The highest BCUT2D eigenvalue weighted by Crippen LogP contribution is 2.38. The number of esters is 1. The van der Waals surface area contributed by atoms with Crippen molar-refractivity contribution in [3.63, 3.8) is 0 Å². The minimum absolute atomic E-state index is 0.0331. The average Bonchev–Trinajstić information content (AvgIpc) is 3.51. The van der Waals surface area contributed by atoms with E-state index < -0.39 is 26.6 Å². The van der Waals surface area contributed by atoms with Crippen LogP contribution >= 0.6 is 7.82 Å². The lowest BCUT2D eigenvalue weighted by Crippen LogP contribution is -2.47. The Hall–Kier alpha value is -3.33. The van der Waals surface area contributed by atoms with Gasteiger partial charge in [0.2, 0.25) is 5.91 Å². The van der Waals surface area contributed by atoms with Gasteiger partial charge in [0, 0.05) is 12.8 Å². The molecule has 1 amide bonds. The summed E-state index contributed by atoms with van der Waals surface area (Å²) in [7, 11) is 1.15. The van der Waals surface area contributed by atoms with Crippen LogP contribution < -0.4 is 10.2 Å². The van der Waals surface area contributed by atoms with E-state index in [4.69, 9.17) is 13.8 Å². The highest BCUT2D eigenvalue weighted by Gasteiger charge is 2.27. The summed E-state index contributed by atoms with van der Waals surface area (Å²) in [5.74, 6) is -0.583. The summed E-state index contributed by atoms with van der Waals surface area (Å²) < 4.78 is 30.3. The van der Waals surface area contributed by atoms with Crippen LogP contribution in [0.4, 0.5) is 0 Å². The molecule has 0 aliphatic rings. The second-order valence-electron chi connectivity index (χ2n) is 24.0. The minimum Gasteiger partial charge on any atom is -0.756 e. The van der Waals surface area contributed by atoms with Crippen molar-refractivity contribution in [2.45, 2.75) is 303 Å². The van der Waals surface area contributed by atoms with E-state index in [0.29, 0.717) is 23.9 Å². The molecular formula is C73H129N2O7P. The number of carbonyl (C=O) groups is 2. The normalized spacial score (nSPS) is 14.3. The first-order valence-corrected chi connectivity index (χ1v) is 35.7. The first-order chi connectivity index (χ1) is 40.4. The summed E-state index contributed by atoms with van der Waals surface area (Å²) in [6, 6.07) is -0.910. The molecular weight excluding hydrogens is 1050 g/mol. The fourth-order valence-electron chi connectivity index (χ4n) is 9.37. The Labute approximate surface area is 512 Å². The van der Waals surface area contributed by atoms with Crippen molar-refractivity contribution in [1.29, 1.82) is 0 Å². The highest BCUT2D eigenvalue weighted by molar-refractivity contribution is 7.45. The van der Waals surface area contributed by atoms with Gasteiger partial charge in [0.1, 0.15) is 19.3 Å². The highest BCUT2D eigenvalue weighted by atomic mass is 31.2. The lowest BCUT2D eigenvalue weighted by atomic mass is 10.0. The third-order valence-electron chi connectivity index (χ3n) is 14.7. The molecule has 0 spiro atoms. The third kappa shape index (κ3) is 63.0. The molecule has 478 valence electrons. The number of likely N-dealkylation sites (N-methyl/N-ethyl adjacent to an activating group) is 1. The number of carbonyl (C=O) groups excluding carboxylic acids is 2. The number of nitrogens with zero attached hydrogens (tertiary/aromatic N) is 1. The van der Waals surface area contributed by atoms with E-state index in [2.05, 4.69) is 123 Å². The summed E-state index contributed by atoms with van der Waals surface area (Å²) in [5.41, 5.74) is 0. The fraction of sp³-hybridized carbons (Fsp3) is 0.726. The molecule has 0 aromatic rings. The largest absolute Gasteiger partial charge is 0.756 e. The molecule has 3 unspecified atom stereocenters. The van der Waals surface area contributed by atoms with Crippen molar-refractivity contribution >= 4 is 19.7 Å². The van der Waals surface area contributed by atoms with E-state index in [1.54, 1.807) is 0 Å². The van der Waals surface area contributed by atoms with Crippen molar-refractivity contribution in [2.24, 2.45) is 0 Å². The molecule has 1 N–H and O–H groups in total. The number of amides is 1. The average molecular weight is 1180 g/mol. The summed E-state index contributed by atoms with van der Waals surface area (Å²) in [5, 5.41) is 3.03. The number of phosphoric acid groups is 1. The number of unbranched alkanes of at least 4 members (excludes halogenated alkanes) is 29. The van der Waals surface area contributed by atoms with Gasteiger partial charge in [0.25, 0.3) is 7.82 Å². The zero-order valence-electron chi connectivity index (χ0n) is 54.6. The van der Waals surface area contributed by atoms with Gasteiger partial charge in [-0.2, -0.15) is 0 Å². The van der Waals surface area contributed by atoms with E-state index in [9.17, 15) is 19.0 Å². The van der Waals surface area contributed by atoms with Crippen LogP contribution in [0, 0.1) is 0 Å². The molecule has 0 aliphatic heterocycles. The van der Waals surface area contributed by atoms with Crippen LogP contribution in [0.2, 0.25) is 0 Å². The van der Waals surface area contributed by atoms with Crippen molar-refractivity contribution < 1.29 is 37.3 Å². The van der Waals surface area contributed by atoms with Gasteiger partial charge in [0.05, 0.1) is 33.8 Å². The van der Waals surface area contributed by atoms with Gasteiger partial charge in [0.15, 0.2) is 0 Å². The van der Waals surface area contributed by atoms with E-state index in [1.165, 1.54) is 148 Å². The Morgan fingerprint density at radius 1 is 0.422 bits per heavy atom. The molecule has 0 aliphatic carbocycles. The minimum atomic E-state index is -4.72. The maximum atomic E-state index is 13.6. The Balaban J connectivity index is 5.11. The number of allylic oxidation sites excluding steroid dienone is 17. The first kappa shape index (κ1) is 79.7. The lowest BCUT2D eigenvalue weighted by Gasteiger charge is -2.30. The predicted octanol–water partition coefficient (Wildman–Crippen LogP) is 21.0. The van der Waals surface area contributed by atoms with Gasteiger partial charge >= 0.3 is 5.97 Å². The van der Waals surface area contributed by atoms with Gasteiger partial charge in [-0.3, -0.25) is 14.2 Å². The van der Waals surface area contributed by atoms with Crippen molar-refractivity contribution in [2.75, 3.05) is 40.9 Å². The molecule has 0 saturated carbocycles. The first-order valence-electron chi connectivity index (χ1n) is 34.2. The van der Waals surface area contributed by atoms with Gasteiger partial charge < -0.3 is 28.5 Å². The van der Waals surface area contributed by atoms with E-state index >= 15 is 0 Å². The number of phosphoric ester groups is 1. The molecule has 0 heterocycles. The van der Waals surface area contributed by atoms with Crippen molar-refractivity contribution in [3.05, 3.63) is 109 Å². The standard InChI is InChI=1S/C73H129N2O7P/c1-7-10-13-16-19-22-25-27-29-31-33-34-35-36-37-38-39-40-42-43-45-47-50-53-56-59-62-65-72(76)74-70(69-81-83(78,79)80-68-67-75(4,5)6)71(64-61-58-55-52-49-24-21-18-15-12-9-3)82-73(77)66-63-60-57-54-51-48-46-44-41-32-30-28-26-23-20-17-14-11-8-2/h19-20,22-23,27-30,33-34,36-37,41,44,48,51,61,64,70-71H,7-18,21,24-26,31-32,35,38-40,42-43,45-47,49-50,52-60,62-63,65-69H2,1-6H3,(H-,74,76,78,79)/b22-19-,23-20-,29-27-,30-28-,34-33-,37-36-,44-41-,51-48-,64-61-. The number of quaternary nitrogens is 1. The SMILES string of the molecule is CCCCC/C=C\C/C=C\C/C=C\C/C=C\CCCCCCCCCCCCCC(=O)NC(COP(=O)([O-])OCC[N+](C)(C)C)C(/C=C\CCCCCCCCCCC)OC(=O)CCCCC/C=C\C/C=C\C/C=C\C/C=C\CCCCC. The van der Waals surface area contributed by atoms with Crippen LogP contribution in [0.5, 0.6) is 0 Å². The van der Waals surface area contributed by atoms with E-state index in [-0.39, 0.29) is 24.9 Å². The molecule has 0 aromatic carbocycles. The summed E-state index contributed by atoms with van der Waals surface area (Å²) in [4.78, 5) is 40.1. The molecule has 10 heteroatoms. The number of nitrogens with one attached hydrogen (secondary N) is 1. The number of ether oxygens (including phenoxy) is 1. The Bertz CT molecular complexity index is 1790. The molecule has 9 nitrogen and oxygen atoms in total. The Kier molecular flexibility index (Phi) is 59.3. The van der Waals surface area contributed by atoms with Crippen LogP contribution in [0.3, 0.4) is 0 Å². The summed E-state index contributed by atoms with van der Waals surface area (Å²) in [6.07, 6.45) is 84.9. The van der Waals surface area contributed by atoms with Crippen molar-refractivity contribution in [1.82, 2.24) is 5.32 Å². The van der Waals surface area contributed by atoms with Gasteiger partial charge in [-0.25, -0.2) is 0 Å². The zero-order chi connectivity index (χ0) is 60.7. The molecule has 83 heavy (non-hydrogen) atoms. The maximum Gasteiger partial charge on any atom is 0.306 e. The van der Waals surface area contributed by atoms with Gasteiger partial charge in [-0.1, -0.05) is 265 Å². The Morgan fingerprint density at radius 2 is 0.735 bits per heavy atom. The van der Waals surface area contributed by atoms with Crippen molar-refractivity contribution in [3.8, 4) is 0 Å². The second kappa shape index (κ2) is 61.7. The number of hydrogen-bond acceptors (Lipinski definition) is 7. The maximum absolute atomic E-state index is 13.6. The molecule has 0 bridgehead atoms. The quantitative estimate of drug-likeness (QED) is 0.0212. The van der Waals surface area contributed by atoms with E-state index in [1.807, 2.05) is 33.3 Å². The number of hydrogen-bond donors (Lipinski definition) is 1. The summed E-state index contributed by atoms with van der Waals surface area (Å²) in [6.45, 7) is 6.76. The smallest absolute Gasteiger partial charge is 0.306 e. The molecule has 0 saturated heterocycles. The molecule has 3 atom stereocenters. The second-order valence-corrected chi connectivity index (χ2v) is 25.4. The van der Waals surface area contributed by atoms with Crippen LogP contribution in [-0.4, -0.2) is 69.4 Å². The molecule has 0 fully saturated rings. The topological polar surface area (TPSA) is 114 Å². The van der Waals surface area contributed by atoms with Crippen LogP contribution in [0.25, 0.3) is 0 Å². The number of rotatable bonds is 61. The van der Waals surface area contributed by atoms with Crippen LogP contribution in [0.15, 0.2) is 109 Å². The van der Waals surface area contributed by atoms with Crippen LogP contribution in [0.1, 0.15) is 290 Å².